The summed E-state index contributed by atoms with van der Waals surface area (Å²) in [4.78, 5) is 3.92. The van der Waals surface area contributed by atoms with Crippen molar-refractivity contribution in [2.75, 3.05) is 12.9 Å². The first-order valence-electron chi connectivity index (χ1n) is 6.63. The van der Waals surface area contributed by atoms with E-state index in [4.69, 9.17) is 4.74 Å². The van der Waals surface area contributed by atoms with Crippen LogP contribution in [0, 0.1) is 13.3 Å². The summed E-state index contributed by atoms with van der Waals surface area (Å²) in [5.41, 5.74) is 2.01. The van der Waals surface area contributed by atoms with Crippen LogP contribution in [0.15, 0.2) is 35.7 Å². The molecule has 0 saturated carbocycles. The molecule has 0 saturated heterocycles. The van der Waals surface area contributed by atoms with Crippen LogP contribution in [0.4, 0.5) is 0 Å². The zero-order valence-electron chi connectivity index (χ0n) is 12.4. The average Bonchev–Trinajstić information content (AvgIpc) is 2.88. The Bertz CT molecular complexity index is 720. The maximum atomic E-state index is 11.7. The van der Waals surface area contributed by atoms with E-state index in [2.05, 4.69) is 4.98 Å². The highest BCUT2D eigenvalue weighted by Gasteiger charge is 2.15. The second-order valence-corrected chi connectivity index (χ2v) is 6.78. The summed E-state index contributed by atoms with van der Waals surface area (Å²) in [7, 11) is -3.33. The third kappa shape index (κ3) is 3.64. The van der Waals surface area contributed by atoms with Crippen LogP contribution in [-0.2, 0) is 16.4 Å². The SMILES string of the molecule is C[CH]COc1cccc(Cn2ccnc2S(C)(=O)=O)c1C. The smallest absolute Gasteiger partial charge is 0.227 e. The molecule has 0 aliphatic heterocycles. The van der Waals surface area contributed by atoms with E-state index in [1.165, 1.54) is 6.20 Å². The first-order valence-corrected chi connectivity index (χ1v) is 8.53. The van der Waals surface area contributed by atoms with E-state index in [1.807, 2.05) is 38.5 Å². The van der Waals surface area contributed by atoms with Gasteiger partial charge in [0.15, 0.2) is 0 Å². The van der Waals surface area contributed by atoms with Crippen LogP contribution in [0.1, 0.15) is 18.1 Å². The van der Waals surface area contributed by atoms with Crippen LogP contribution in [-0.4, -0.2) is 30.8 Å². The Balaban J connectivity index is 2.31. The minimum absolute atomic E-state index is 0.0788. The van der Waals surface area contributed by atoms with Gasteiger partial charge in [0, 0.05) is 18.6 Å². The molecule has 0 N–H and O–H groups in total. The molecule has 0 spiro atoms. The monoisotopic (exact) mass is 307 g/mol. The van der Waals surface area contributed by atoms with Crippen LogP contribution in [0.3, 0.4) is 0 Å². The molecule has 0 aliphatic carbocycles. The molecule has 0 aliphatic rings. The minimum atomic E-state index is -3.33. The first-order chi connectivity index (χ1) is 9.93. The van der Waals surface area contributed by atoms with Gasteiger partial charge >= 0.3 is 0 Å². The number of sulfone groups is 1. The lowest BCUT2D eigenvalue weighted by Gasteiger charge is -2.13. The fourth-order valence-corrected chi connectivity index (χ4v) is 2.89. The van der Waals surface area contributed by atoms with Crippen LogP contribution < -0.4 is 4.74 Å². The predicted molar refractivity (Wildman–Crippen MR) is 81.1 cm³/mol. The Kier molecular flexibility index (Phi) is 4.67. The van der Waals surface area contributed by atoms with Gasteiger partial charge in [0.1, 0.15) is 5.75 Å². The van der Waals surface area contributed by atoms with Crippen molar-refractivity contribution < 1.29 is 13.2 Å². The van der Waals surface area contributed by atoms with Crippen molar-refractivity contribution in [2.45, 2.75) is 25.5 Å². The van der Waals surface area contributed by atoms with Gasteiger partial charge in [-0.3, -0.25) is 0 Å². The quantitative estimate of drug-likeness (QED) is 0.821. The van der Waals surface area contributed by atoms with Crippen LogP contribution in [0.5, 0.6) is 5.75 Å². The average molecular weight is 307 g/mol. The number of benzene rings is 1. The normalized spacial score (nSPS) is 11.6. The third-order valence-electron chi connectivity index (χ3n) is 3.15. The standard InChI is InChI=1S/C15H19N2O3S/c1-4-10-20-14-7-5-6-13(12(14)2)11-17-9-8-16-15(17)21(3,18)19/h4-9H,10-11H2,1-3H3. The number of aromatic nitrogens is 2. The molecule has 113 valence electrons. The van der Waals surface area contributed by atoms with Crippen molar-refractivity contribution in [1.82, 2.24) is 9.55 Å². The summed E-state index contributed by atoms with van der Waals surface area (Å²) in [6, 6.07) is 5.78. The molecule has 2 rings (SSSR count). The number of hydrogen-bond acceptors (Lipinski definition) is 4. The van der Waals surface area contributed by atoms with Crippen LogP contribution in [0.25, 0.3) is 0 Å². The summed E-state index contributed by atoms with van der Waals surface area (Å²) in [5, 5.41) is 0.0788. The van der Waals surface area contributed by atoms with Gasteiger partial charge in [-0.05, 0) is 30.5 Å². The van der Waals surface area contributed by atoms with Crippen molar-refractivity contribution in [3.05, 3.63) is 48.1 Å². The Morgan fingerprint density at radius 1 is 1.38 bits per heavy atom. The second kappa shape index (κ2) is 6.30. The van der Waals surface area contributed by atoms with Crippen molar-refractivity contribution in [2.24, 2.45) is 0 Å². The molecule has 0 amide bonds. The van der Waals surface area contributed by atoms with E-state index in [0.29, 0.717) is 13.2 Å². The summed E-state index contributed by atoms with van der Waals surface area (Å²) >= 11 is 0. The van der Waals surface area contributed by atoms with Crippen LogP contribution >= 0.6 is 0 Å². The third-order valence-corrected chi connectivity index (χ3v) is 4.15. The number of ether oxygens (including phenoxy) is 1. The molecule has 0 bridgehead atoms. The second-order valence-electron chi connectivity index (χ2n) is 4.87. The predicted octanol–water partition coefficient (Wildman–Crippen LogP) is 2.25. The number of imidazole rings is 1. The maximum Gasteiger partial charge on any atom is 0.227 e. The highest BCUT2D eigenvalue weighted by molar-refractivity contribution is 7.90. The topological polar surface area (TPSA) is 61.2 Å². The van der Waals surface area contributed by atoms with E-state index in [9.17, 15) is 8.42 Å². The van der Waals surface area contributed by atoms with Gasteiger partial charge in [-0.15, -0.1) is 0 Å². The van der Waals surface area contributed by atoms with Crippen molar-refractivity contribution >= 4 is 9.84 Å². The molecule has 1 aromatic heterocycles. The lowest BCUT2D eigenvalue weighted by Crippen LogP contribution is -2.10. The molecule has 0 fully saturated rings. The molecular formula is C15H19N2O3S. The highest BCUT2D eigenvalue weighted by Crippen LogP contribution is 2.23. The molecule has 6 heteroatoms. The van der Waals surface area contributed by atoms with E-state index in [0.717, 1.165) is 23.1 Å². The van der Waals surface area contributed by atoms with E-state index < -0.39 is 9.84 Å². The summed E-state index contributed by atoms with van der Waals surface area (Å²) in [6.07, 6.45) is 6.26. The molecule has 1 aromatic carbocycles. The zero-order valence-corrected chi connectivity index (χ0v) is 13.2. The van der Waals surface area contributed by atoms with Gasteiger partial charge in [-0.25, -0.2) is 13.4 Å². The Labute approximate surface area is 125 Å². The van der Waals surface area contributed by atoms with Gasteiger partial charge in [-0.2, -0.15) is 0 Å². The summed E-state index contributed by atoms with van der Waals surface area (Å²) in [6.45, 7) is 4.89. The van der Waals surface area contributed by atoms with Crippen LogP contribution in [0.2, 0.25) is 0 Å². The zero-order chi connectivity index (χ0) is 15.5. The maximum absolute atomic E-state index is 11.7. The van der Waals surface area contributed by atoms with Gasteiger partial charge in [0.25, 0.3) is 0 Å². The molecule has 21 heavy (non-hydrogen) atoms. The summed E-state index contributed by atoms with van der Waals surface area (Å²) in [5.74, 6) is 0.812. The molecule has 1 radical (unpaired) electrons. The molecule has 0 unspecified atom stereocenters. The summed E-state index contributed by atoms with van der Waals surface area (Å²) < 4.78 is 30.6. The van der Waals surface area contributed by atoms with Crippen molar-refractivity contribution in [1.29, 1.82) is 0 Å². The number of rotatable bonds is 6. The van der Waals surface area contributed by atoms with Gasteiger partial charge in [-0.1, -0.05) is 19.1 Å². The van der Waals surface area contributed by atoms with Gasteiger partial charge < -0.3 is 9.30 Å². The van der Waals surface area contributed by atoms with E-state index >= 15 is 0 Å². The van der Waals surface area contributed by atoms with Gasteiger partial charge in [0.2, 0.25) is 15.0 Å². The number of hydrogen-bond donors (Lipinski definition) is 0. The lowest BCUT2D eigenvalue weighted by atomic mass is 10.1. The van der Waals surface area contributed by atoms with E-state index in [1.54, 1.807) is 10.8 Å². The van der Waals surface area contributed by atoms with Crippen molar-refractivity contribution in [3.63, 3.8) is 0 Å². The molecular weight excluding hydrogens is 288 g/mol. The van der Waals surface area contributed by atoms with Crippen molar-refractivity contribution in [3.8, 4) is 5.75 Å². The highest BCUT2D eigenvalue weighted by atomic mass is 32.2. The first kappa shape index (κ1) is 15.6. The molecule has 2 aromatic rings. The number of nitrogens with zero attached hydrogens (tertiary/aromatic N) is 2. The molecule has 5 nitrogen and oxygen atoms in total. The Morgan fingerprint density at radius 2 is 2.14 bits per heavy atom. The molecule has 1 heterocycles. The molecule has 0 atom stereocenters. The largest absolute Gasteiger partial charge is 0.493 e. The van der Waals surface area contributed by atoms with E-state index in [-0.39, 0.29) is 5.16 Å². The van der Waals surface area contributed by atoms with Gasteiger partial charge in [0.05, 0.1) is 13.2 Å². The lowest BCUT2D eigenvalue weighted by molar-refractivity contribution is 0.346. The minimum Gasteiger partial charge on any atom is -0.493 e. The Hall–Kier alpha value is -1.82. The fraction of sp³-hybridized carbons (Fsp3) is 0.333. The Morgan fingerprint density at radius 3 is 2.81 bits per heavy atom. The fourth-order valence-electron chi connectivity index (χ4n) is 2.09.